The Kier molecular flexibility index (Phi) is 11.9. The van der Waals surface area contributed by atoms with Crippen molar-refractivity contribution in [2.75, 3.05) is 13.1 Å². The second-order valence-electron chi connectivity index (χ2n) is 4.99. The standard InChI is InChI=1S/C15H32N2/c1-5-7-12-16-17-13-10-8-9-11-15(4)14(3)6-2/h14,16-17H,4-13H2,1-3H3. The molecule has 0 aliphatic rings. The molecule has 0 aromatic carbocycles. The van der Waals surface area contributed by atoms with E-state index in [4.69, 9.17) is 0 Å². The van der Waals surface area contributed by atoms with Gasteiger partial charge in [-0.25, -0.2) is 0 Å². The van der Waals surface area contributed by atoms with E-state index in [2.05, 4.69) is 38.2 Å². The fourth-order valence-corrected chi connectivity index (χ4v) is 1.72. The van der Waals surface area contributed by atoms with Crippen molar-refractivity contribution in [1.29, 1.82) is 0 Å². The Morgan fingerprint density at radius 2 is 1.65 bits per heavy atom. The highest BCUT2D eigenvalue weighted by molar-refractivity contribution is 4.98. The van der Waals surface area contributed by atoms with Crippen molar-refractivity contribution >= 4 is 0 Å². The number of hydrogen-bond donors (Lipinski definition) is 2. The topological polar surface area (TPSA) is 24.1 Å². The first-order valence-electron chi connectivity index (χ1n) is 7.35. The SMILES string of the molecule is C=C(CCCCCNNCCCC)C(C)CC. The van der Waals surface area contributed by atoms with E-state index in [0.29, 0.717) is 5.92 Å². The zero-order valence-electron chi connectivity index (χ0n) is 12.1. The number of unbranched alkanes of at least 4 members (excludes halogenated alkanes) is 3. The number of rotatable bonds is 12. The van der Waals surface area contributed by atoms with E-state index in [0.717, 1.165) is 13.1 Å². The predicted octanol–water partition coefficient (Wildman–Crippen LogP) is 4.04. The van der Waals surface area contributed by atoms with Crippen LogP contribution in [-0.2, 0) is 0 Å². The van der Waals surface area contributed by atoms with Crippen LogP contribution in [0.1, 0.15) is 65.7 Å². The van der Waals surface area contributed by atoms with Gasteiger partial charge in [0, 0.05) is 13.1 Å². The van der Waals surface area contributed by atoms with E-state index in [1.165, 1.54) is 50.5 Å². The molecule has 0 radical (unpaired) electrons. The van der Waals surface area contributed by atoms with Crippen molar-refractivity contribution in [3.05, 3.63) is 12.2 Å². The highest BCUT2D eigenvalue weighted by atomic mass is 15.3. The lowest BCUT2D eigenvalue weighted by atomic mass is 9.95. The Hall–Kier alpha value is -0.340. The van der Waals surface area contributed by atoms with Gasteiger partial charge < -0.3 is 0 Å². The molecule has 0 aromatic rings. The minimum atomic E-state index is 0.698. The first kappa shape index (κ1) is 16.7. The molecular formula is C15H32N2. The average Bonchev–Trinajstić information content (AvgIpc) is 2.35. The molecule has 1 unspecified atom stereocenters. The van der Waals surface area contributed by atoms with Crippen molar-refractivity contribution in [3.8, 4) is 0 Å². The molecule has 0 saturated heterocycles. The molecule has 0 aliphatic heterocycles. The lowest BCUT2D eigenvalue weighted by molar-refractivity contribution is 0.494. The maximum absolute atomic E-state index is 4.17. The lowest BCUT2D eigenvalue weighted by Crippen LogP contribution is -2.33. The normalized spacial score (nSPS) is 12.6. The van der Waals surface area contributed by atoms with Crippen LogP contribution in [0.3, 0.4) is 0 Å². The van der Waals surface area contributed by atoms with Gasteiger partial charge in [0.05, 0.1) is 0 Å². The molecule has 2 heteroatoms. The van der Waals surface area contributed by atoms with Crippen LogP contribution in [0.25, 0.3) is 0 Å². The smallest absolute Gasteiger partial charge is 0.00997 e. The quantitative estimate of drug-likeness (QED) is 0.305. The molecule has 0 aromatic heterocycles. The van der Waals surface area contributed by atoms with Gasteiger partial charge in [-0.1, -0.05) is 45.8 Å². The summed E-state index contributed by atoms with van der Waals surface area (Å²) in [5.74, 6) is 0.698. The van der Waals surface area contributed by atoms with Gasteiger partial charge in [0.1, 0.15) is 0 Å². The molecule has 0 spiro atoms. The van der Waals surface area contributed by atoms with Gasteiger partial charge in [-0.15, -0.1) is 0 Å². The summed E-state index contributed by atoms with van der Waals surface area (Å²) in [6.07, 6.45) is 8.79. The molecule has 2 N–H and O–H groups in total. The third kappa shape index (κ3) is 10.5. The maximum Gasteiger partial charge on any atom is 0.00997 e. The van der Waals surface area contributed by atoms with Crippen LogP contribution in [-0.4, -0.2) is 13.1 Å². The molecule has 0 bridgehead atoms. The summed E-state index contributed by atoms with van der Waals surface area (Å²) in [4.78, 5) is 0. The van der Waals surface area contributed by atoms with Crippen LogP contribution in [0.5, 0.6) is 0 Å². The van der Waals surface area contributed by atoms with Crippen LogP contribution >= 0.6 is 0 Å². The van der Waals surface area contributed by atoms with E-state index in [1.807, 2.05) is 0 Å². The molecule has 0 amide bonds. The van der Waals surface area contributed by atoms with Gasteiger partial charge in [-0.3, -0.25) is 10.9 Å². The zero-order valence-corrected chi connectivity index (χ0v) is 12.1. The highest BCUT2D eigenvalue weighted by Gasteiger charge is 2.02. The van der Waals surface area contributed by atoms with E-state index in [9.17, 15) is 0 Å². The summed E-state index contributed by atoms with van der Waals surface area (Å²) in [6, 6.07) is 0. The summed E-state index contributed by atoms with van der Waals surface area (Å²) in [5, 5.41) is 0. The second-order valence-corrected chi connectivity index (χ2v) is 4.99. The van der Waals surface area contributed by atoms with Gasteiger partial charge in [-0.2, -0.15) is 0 Å². The van der Waals surface area contributed by atoms with Crippen LogP contribution < -0.4 is 10.9 Å². The third-order valence-corrected chi connectivity index (χ3v) is 3.39. The summed E-state index contributed by atoms with van der Waals surface area (Å²) in [5.41, 5.74) is 7.95. The van der Waals surface area contributed by atoms with Gasteiger partial charge >= 0.3 is 0 Å². The van der Waals surface area contributed by atoms with E-state index in [1.54, 1.807) is 0 Å². The van der Waals surface area contributed by atoms with Crippen LogP contribution in [0.2, 0.25) is 0 Å². The second kappa shape index (κ2) is 12.1. The Balaban J connectivity index is 3.16. The van der Waals surface area contributed by atoms with Gasteiger partial charge in [0.2, 0.25) is 0 Å². The molecule has 17 heavy (non-hydrogen) atoms. The Bertz CT molecular complexity index is 178. The lowest BCUT2D eigenvalue weighted by Gasteiger charge is -2.12. The van der Waals surface area contributed by atoms with Crippen molar-refractivity contribution in [2.24, 2.45) is 5.92 Å². The van der Waals surface area contributed by atoms with E-state index in [-0.39, 0.29) is 0 Å². The van der Waals surface area contributed by atoms with Crippen molar-refractivity contribution in [1.82, 2.24) is 10.9 Å². The molecule has 0 fully saturated rings. The summed E-state index contributed by atoms with van der Waals surface area (Å²) < 4.78 is 0. The van der Waals surface area contributed by atoms with Crippen molar-refractivity contribution in [2.45, 2.75) is 65.7 Å². The van der Waals surface area contributed by atoms with Gasteiger partial charge in [0.25, 0.3) is 0 Å². The van der Waals surface area contributed by atoms with Crippen molar-refractivity contribution in [3.63, 3.8) is 0 Å². The molecule has 0 aliphatic carbocycles. The van der Waals surface area contributed by atoms with Gasteiger partial charge in [0.15, 0.2) is 0 Å². The maximum atomic E-state index is 4.17. The fourth-order valence-electron chi connectivity index (χ4n) is 1.72. The van der Waals surface area contributed by atoms with Crippen LogP contribution in [0.4, 0.5) is 0 Å². The molecule has 0 heterocycles. The average molecular weight is 240 g/mol. The molecule has 2 nitrogen and oxygen atoms in total. The van der Waals surface area contributed by atoms with E-state index >= 15 is 0 Å². The highest BCUT2D eigenvalue weighted by Crippen LogP contribution is 2.18. The molecule has 1 atom stereocenters. The summed E-state index contributed by atoms with van der Waals surface area (Å²) in [6.45, 7) is 13.1. The molecule has 0 saturated carbocycles. The molecule has 0 rings (SSSR count). The Morgan fingerprint density at radius 1 is 1.00 bits per heavy atom. The monoisotopic (exact) mass is 240 g/mol. The number of hydrazine groups is 1. The summed E-state index contributed by atoms with van der Waals surface area (Å²) in [7, 11) is 0. The molecular weight excluding hydrogens is 208 g/mol. The minimum Gasteiger partial charge on any atom is -0.258 e. The summed E-state index contributed by atoms with van der Waals surface area (Å²) >= 11 is 0. The van der Waals surface area contributed by atoms with Crippen molar-refractivity contribution < 1.29 is 0 Å². The number of allylic oxidation sites excluding steroid dienone is 1. The Labute approximate surface area is 108 Å². The number of nitrogens with one attached hydrogen (secondary N) is 2. The minimum absolute atomic E-state index is 0.698. The Morgan fingerprint density at radius 3 is 2.24 bits per heavy atom. The fraction of sp³-hybridized carbons (Fsp3) is 0.867. The first-order valence-corrected chi connectivity index (χ1v) is 7.35. The largest absolute Gasteiger partial charge is 0.258 e. The van der Waals surface area contributed by atoms with Gasteiger partial charge in [-0.05, 0) is 38.0 Å². The molecule has 102 valence electrons. The predicted molar refractivity (Wildman–Crippen MR) is 78.0 cm³/mol. The number of hydrogen-bond acceptors (Lipinski definition) is 2. The van der Waals surface area contributed by atoms with Crippen LogP contribution in [0, 0.1) is 5.92 Å². The zero-order chi connectivity index (χ0) is 12.9. The first-order chi connectivity index (χ1) is 8.22. The van der Waals surface area contributed by atoms with E-state index < -0.39 is 0 Å². The third-order valence-electron chi connectivity index (χ3n) is 3.39. The van der Waals surface area contributed by atoms with Crippen LogP contribution in [0.15, 0.2) is 12.2 Å².